The predicted octanol–water partition coefficient (Wildman–Crippen LogP) is 4.18. The van der Waals surface area contributed by atoms with Gasteiger partial charge in [-0.3, -0.25) is 9.59 Å². The van der Waals surface area contributed by atoms with Crippen molar-refractivity contribution < 1.29 is 14.3 Å². The van der Waals surface area contributed by atoms with Crippen molar-refractivity contribution in [3.8, 4) is 5.75 Å². The molecule has 0 aliphatic carbocycles. The molecule has 0 aliphatic heterocycles. The summed E-state index contributed by atoms with van der Waals surface area (Å²) < 4.78 is 7.24. The number of anilines is 2. The maximum atomic E-state index is 12.4. The summed E-state index contributed by atoms with van der Waals surface area (Å²) in [5.41, 5.74) is 2.81. The standard InChI is InChI=1S/C23H26N4O3/c1-4-30-20-11-9-19(10-12-20)26-23(29)21-14-27(15-24-21)13-17-5-7-18(8-6-17)25-22(28)16(2)3/h5-12,14-16H,4,13H2,1-3H3,(H,25,28)(H,26,29). The first-order valence-electron chi connectivity index (χ1n) is 9.90. The summed E-state index contributed by atoms with van der Waals surface area (Å²) in [4.78, 5) is 28.4. The van der Waals surface area contributed by atoms with Gasteiger partial charge in [0.25, 0.3) is 5.91 Å². The molecule has 0 bridgehead atoms. The molecule has 0 spiro atoms. The van der Waals surface area contributed by atoms with Crippen molar-refractivity contribution in [2.24, 2.45) is 5.92 Å². The molecule has 7 heteroatoms. The van der Waals surface area contributed by atoms with Crippen molar-refractivity contribution in [2.75, 3.05) is 17.2 Å². The maximum absolute atomic E-state index is 12.4. The van der Waals surface area contributed by atoms with Crippen LogP contribution in [0.2, 0.25) is 0 Å². The molecular weight excluding hydrogens is 380 g/mol. The molecule has 0 saturated heterocycles. The Morgan fingerprint density at radius 2 is 1.63 bits per heavy atom. The summed E-state index contributed by atoms with van der Waals surface area (Å²) in [6, 6.07) is 14.8. The zero-order valence-electron chi connectivity index (χ0n) is 17.4. The second-order valence-corrected chi connectivity index (χ2v) is 7.18. The Morgan fingerprint density at radius 1 is 1.00 bits per heavy atom. The Morgan fingerprint density at radius 3 is 2.27 bits per heavy atom. The van der Waals surface area contributed by atoms with Crippen LogP contribution in [-0.2, 0) is 11.3 Å². The molecule has 0 fully saturated rings. The zero-order valence-corrected chi connectivity index (χ0v) is 17.4. The second kappa shape index (κ2) is 9.73. The van der Waals surface area contributed by atoms with E-state index in [1.807, 2.05) is 61.7 Å². The average molecular weight is 406 g/mol. The van der Waals surface area contributed by atoms with Crippen LogP contribution < -0.4 is 15.4 Å². The first kappa shape index (κ1) is 21.1. The molecule has 2 N–H and O–H groups in total. The first-order chi connectivity index (χ1) is 14.4. The summed E-state index contributed by atoms with van der Waals surface area (Å²) in [7, 11) is 0. The van der Waals surface area contributed by atoms with Gasteiger partial charge < -0.3 is 19.9 Å². The number of rotatable bonds is 8. The van der Waals surface area contributed by atoms with E-state index >= 15 is 0 Å². The van der Waals surface area contributed by atoms with Crippen LogP contribution in [0.5, 0.6) is 5.75 Å². The molecule has 0 atom stereocenters. The number of ether oxygens (including phenoxy) is 1. The summed E-state index contributed by atoms with van der Waals surface area (Å²) in [5.74, 6) is 0.405. The summed E-state index contributed by atoms with van der Waals surface area (Å²) >= 11 is 0. The lowest BCUT2D eigenvalue weighted by atomic mass is 10.1. The van der Waals surface area contributed by atoms with E-state index in [1.165, 1.54) is 0 Å². The van der Waals surface area contributed by atoms with Crippen molar-refractivity contribution in [3.63, 3.8) is 0 Å². The molecule has 30 heavy (non-hydrogen) atoms. The summed E-state index contributed by atoms with van der Waals surface area (Å²) in [6.45, 7) is 6.80. The number of hydrogen-bond acceptors (Lipinski definition) is 4. The Bertz CT molecular complexity index is 992. The molecule has 156 valence electrons. The highest BCUT2D eigenvalue weighted by Gasteiger charge is 2.11. The second-order valence-electron chi connectivity index (χ2n) is 7.18. The highest BCUT2D eigenvalue weighted by molar-refractivity contribution is 6.02. The van der Waals surface area contributed by atoms with Crippen molar-refractivity contribution in [1.29, 1.82) is 0 Å². The van der Waals surface area contributed by atoms with E-state index in [4.69, 9.17) is 4.74 Å². The number of hydrogen-bond donors (Lipinski definition) is 2. The highest BCUT2D eigenvalue weighted by atomic mass is 16.5. The maximum Gasteiger partial charge on any atom is 0.275 e. The molecule has 0 aliphatic rings. The van der Waals surface area contributed by atoms with Crippen LogP contribution in [0.4, 0.5) is 11.4 Å². The molecule has 3 rings (SSSR count). The topological polar surface area (TPSA) is 85.2 Å². The minimum Gasteiger partial charge on any atom is -0.494 e. The van der Waals surface area contributed by atoms with Crippen molar-refractivity contribution >= 4 is 23.2 Å². The molecule has 0 unspecified atom stereocenters. The fraction of sp³-hybridized carbons (Fsp3) is 0.261. The number of amides is 2. The van der Waals surface area contributed by atoms with E-state index in [0.717, 1.165) is 17.0 Å². The van der Waals surface area contributed by atoms with E-state index < -0.39 is 0 Å². The number of benzene rings is 2. The fourth-order valence-corrected chi connectivity index (χ4v) is 2.75. The molecule has 1 heterocycles. The normalized spacial score (nSPS) is 10.7. The smallest absolute Gasteiger partial charge is 0.275 e. The third kappa shape index (κ3) is 5.70. The van der Waals surface area contributed by atoms with E-state index in [0.29, 0.717) is 24.5 Å². The van der Waals surface area contributed by atoms with Crippen LogP contribution in [0.1, 0.15) is 36.8 Å². The number of nitrogens with one attached hydrogen (secondary N) is 2. The molecule has 0 radical (unpaired) electrons. The van der Waals surface area contributed by atoms with Crippen molar-refractivity contribution in [2.45, 2.75) is 27.3 Å². The third-order valence-corrected chi connectivity index (χ3v) is 4.40. The molecule has 7 nitrogen and oxygen atoms in total. The first-order valence-corrected chi connectivity index (χ1v) is 9.90. The Hall–Kier alpha value is -3.61. The van der Waals surface area contributed by atoms with E-state index in [-0.39, 0.29) is 17.7 Å². The van der Waals surface area contributed by atoms with E-state index in [9.17, 15) is 9.59 Å². The van der Waals surface area contributed by atoms with Gasteiger partial charge >= 0.3 is 0 Å². The number of imidazole rings is 1. The molecular formula is C23H26N4O3. The predicted molar refractivity (Wildman–Crippen MR) is 117 cm³/mol. The molecule has 1 aromatic heterocycles. The van der Waals surface area contributed by atoms with Gasteiger partial charge in [-0.1, -0.05) is 26.0 Å². The third-order valence-electron chi connectivity index (χ3n) is 4.40. The van der Waals surface area contributed by atoms with Gasteiger partial charge in [-0.05, 0) is 48.9 Å². The van der Waals surface area contributed by atoms with Gasteiger partial charge in [0.15, 0.2) is 0 Å². The van der Waals surface area contributed by atoms with Gasteiger partial charge in [0.2, 0.25) is 5.91 Å². The van der Waals surface area contributed by atoms with E-state index in [2.05, 4.69) is 15.6 Å². The lowest BCUT2D eigenvalue weighted by molar-refractivity contribution is -0.118. The van der Waals surface area contributed by atoms with Crippen LogP contribution in [-0.4, -0.2) is 28.0 Å². The lowest BCUT2D eigenvalue weighted by Crippen LogP contribution is -2.17. The largest absolute Gasteiger partial charge is 0.494 e. The highest BCUT2D eigenvalue weighted by Crippen LogP contribution is 2.17. The van der Waals surface area contributed by atoms with Gasteiger partial charge in [-0.25, -0.2) is 4.98 Å². The zero-order chi connectivity index (χ0) is 21.5. The van der Waals surface area contributed by atoms with Crippen LogP contribution >= 0.6 is 0 Å². The number of aromatic nitrogens is 2. The van der Waals surface area contributed by atoms with Crippen LogP contribution in [0.25, 0.3) is 0 Å². The number of nitrogens with zero attached hydrogens (tertiary/aromatic N) is 2. The van der Waals surface area contributed by atoms with Crippen LogP contribution in [0, 0.1) is 5.92 Å². The minimum atomic E-state index is -0.273. The molecule has 0 saturated carbocycles. The Labute approximate surface area is 176 Å². The summed E-state index contributed by atoms with van der Waals surface area (Å²) in [6.07, 6.45) is 3.33. The van der Waals surface area contributed by atoms with Gasteiger partial charge in [-0.2, -0.15) is 0 Å². The monoisotopic (exact) mass is 406 g/mol. The van der Waals surface area contributed by atoms with E-state index in [1.54, 1.807) is 24.7 Å². The Kier molecular flexibility index (Phi) is 6.85. The van der Waals surface area contributed by atoms with Crippen molar-refractivity contribution in [3.05, 3.63) is 72.3 Å². The average Bonchev–Trinajstić information content (AvgIpc) is 3.20. The molecule has 3 aromatic rings. The lowest BCUT2D eigenvalue weighted by Gasteiger charge is -2.09. The van der Waals surface area contributed by atoms with Crippen molar-refractivity contribution in [1.82, 2.24) is 9.55 Å². The fourth-order valence-electron chi connectivity index (χ4n) is 2.75. The summed E-state index contributed by atoms with van der Waals surface area (Å²) in [5, 5.41) is 5.70. The van der Waals surface area contributed by atoms with Gasteiger partial charge in [0.1, 0.15) is 11.4 Å². The van der Waals surface area contributed by atoms with Gasteiger partial charge in [0, 0.05) is 30.0 Å². The van der Waals surface area contributed by atoms with Gasteiger partial charge in [0.05, 0.1) is 12.9 Å². The minimum absolute atomic E-state index is 0.0134. The quantitative estimate of drug-likeness (QED) is 0.588. The SMILES string of the molecule is CCOc1ccc(NC(=O)c2cn(Cc3ccc(NC(=O)C(C)C)cc3)cn2)cc1. The van der Waals surface area contributed by atoms with Gasteiger partial charge in [-0.15, -0.1) is 0 Å². The molecule has 2 aromatic carbocycles. The molecule has 2 amide bonds. The Balaban J connectivity index is 1.57. The van der Waals surface area contributed by atoms with Crippen LogP contribution in [0.3, 0.4) is 0 Å². The number of carbonyl (C=O) groups is 2. The number of carbonyl (C=O) groups excluding carboxylic acids is 2. The van der Waals surface area contributed by atoms with Crippen LogP contribution in [0.15, 0.2) is 61.1 Å².